The van der Waals surface area contributed by atoms with Gasteiger partial charge in [-0.25, -0.2) is 0 Å². The van der Waals surface area contributed by atoms with Crippen LogP contribution in [0, 0.1) is 6.92 Å². The van der Waals surface area contributed by atoms with E-state index in [1.807, 2.05) is 44.1 Å². The molecular formula is C13H16N4O. The van der Waals surface area contributed by atoms with Gasteiger partial charge in [-0.2, -0.15) is 5.10 Å². The van der Waals surface area contributed by atoms with Gasteiger partial charge in [0.2, 0.25) is 0 Å². The fourth-order valence-corrected chi connectivity index (χ4v) is 1.82. The number of carbonyl (C=O) groups is 1. The van der Waals surface area contributed by atoms with Gasteiger partial charge in [-0.15, -0.1) is 0 Å². The zero-order valence-corrected chi connectivity index (χ0v) is 10.7. The Morgan fingerprint density at radius 2 is 2.11 bits per heavy atom. The van der Waals surface area contributed by atoms with Gasteiger partial charge in [0.25, 0.3) is 5.91 Å². The summed E-state index contributed by atoms with van der Waals surface area (Å²) < 4.78 is 0. The first kappa shape index (κ1) is 12.2. The van der Waals surface area contributed by atoms with Crippen LogP contribution < -0.4 is 10.2 Å². The van der Waals surface area contributed by atoms with Crippen LogP contribution in [0.15, 0.2) is 30.5 Å². The van der Waals surface area contributed by atoms with E-state index in [-0.39, 0.29) is 5.91 Å². The predicted molar refractivity (Wildman–Crippen MR) is 72.0 cm³/mol. The maximum Gasteiger partial charge on any atom is 0.273 e. The third-order valence-electron chi connectivity index (χ3n) is 2.78. The molecule has 2 N–H and O–H groups in total. The van der Waals surface area contributed by atoms with Crippen molar-refractivity contribution >= 4 is 17.3 Å². The van der Waals surface area contributed by atoms with Gasteiger partial charge >= 0.3 is 0 Å². The minimum absolute atomic E-state index is 0.188. The first-order valence-electron chi connectivity index (χ1n) is 5.67. The summed E-state index contributed by atoms with van der Waals surface area (Å²) in [5.41, 5.74) is 3.37. The Labute approximate surface area is 106 Å². The smallest absolute Gasteiger partial charge is 0.273 e. The zero-order chi connectivity index (χ0) is 13.1. The molecule has 0 bridgehead atoms. The van der Waals surface area contributed by atoms with E-state index >= 15 is 0 Å². The lowest BCUT2D eigenvalue weighted by atomic mass is 10.1. The first-order chi connectivity index (χ1) is 8.59. The van der Waals surface area contributed by atoms with Gasteiger partial charge in [-0.05, 0) is 30.7 Å². The molecule has 1 heterocycles. The molecule has 1 aromatic carbocycles. The molecule has 18 heavy (non-hydrogen) atoms. The van der Waals surface area contributed by atoms with Gasteiger partial charge in [-0.1, -0.05) is 6.07 Å². The number of hydrogen-bond donors (Lipinski definition) is 2. The average Bonchev–Trinajstić information content (AvgIpc) is 2.85. The van der Waals surface area contributed by atoms with Gasteiger partial charge in [0.15, 0.2) is 0 Å². The summed E-state index contributed by atoms with van der Waals surface area (Å²) in [6.07, 6.45) is 1.55. The van der Waals surface area contributed by atoms with Crippen LogP contribution in [0.3, 0.4) is 0 Å². The van der Waals surface area contributed by atoms with Crippen LogP contribution in [0.5, 0.6) is 0 Å². The van der Waals surface area contributed by atoms with Crippen molar-refractivity contribution in [1.82, 2.24) is 10.2 Å². The quantitative estimate of drug-likeness (QED) is 0.868. The molecule has 0 aliphatic heterocycles. The number of anilines is 2. The number of H-pyrrole nitrogens is 1. The normalized spacial score (nSPS) is 10.2. The molecule has 0 radical (unpaired) electrons. The summed E-state index contributed by atoms with van der Waals surface area (Å²) >= 11 is 0. The van der Waals surface area contributed by atoms with E-state index in [0.717, 1.165) is 16.9 Å². The number of carbonyl (C=O) groups excluding carboxylic acids is 1. The molecule has 0 atom stereocenters. The molecule has 1 aromatic heterocycles. The minimum atomic E-state index is -0.188. The fourth-order valence-electron chi connectivity index (χ4n) is 1.82. The largest absolute Gasteiger partial charge is 0.377 e. The van der Waals surface area contributed by atoms with E-state index in [4.69, 9.17) is 0 Å². The lowest BCUT2D eigenvalue weighted by molar-refractivity contribution is 0.102. The van der Waals surface area contributed by atoms with Crippen molar-refractivity contribution in [3.63, 3.8) is 0 Å². The van der Waals surface area contributed by atoms with Crippen LogP contribution in [0.1, 0.15) is 16.1 Å². The molecule has 0 unspecified atom stereocenters. The summed E-state index contributed by atoms with van der Waals surface area (Å²) in [5, 5.41) is 9.27. The third kappa shape index (κ3) is 2.34. The monoisotopic (exact) mass is 244 g/mol. The van der Waals surface area contributed by atoms with E-state index in [0.29, 0.717) is 5.69 Å². The number of nitrogens with one attached hydrogen (secondary N) is 2. The Balaban J connectivity index is 2.25. The second kappa shape index (κ2) is 4.91. The maximum atomic E-state index is 11.9. The van der Waals surface area contributed by atoms with Crippen LogP contribution in [-0.2, 0) is 0 Å². The van der Waals surface area contributed by atoms with E-state index in [2.05, 4.69) is 15.5 Å². The minimum Gasteiger partial charge on any atom is -0.377 e. The summed E-state index contributed by atoms with van der Waals surface area (Å²) in [5.74, 6) is -0.188. The highest BCUT2D eigenvalue weighted by Crippen LogP contribution is 2.25. The van der Waals surface area contributed by atoms with Gasteiger partial charge < -0.3 is 10.2 Å². The van der Waals surface area contributed by atoms with Crippen molar-refractivity contribution in [2.75, 3.05) is 24.3 Å². The molecule has 2 rings (SSSR count). The number of nitrogens with zero attached hydrogens (tertiary/aromatic N) is 2. The fraction of sp³-hybridized carbons (Fsp3) is 0.231. The van der Waals surface area contributed by atoms with Crippen LogP contribution >= 0.6 is 0 Å². The van der Waals surface area contributed by atoms with Gasteiger partial charge in [0.1, 0.15) is 5.69 Å². The maximum absolute atomic E-state index is 11.9. The lowest BCUT2D eigenvalue weighted by Gasteiger charge is -2.18. The highest BCUT2D eigenvalue weighted by molar-refractivity contribution is 6.03. The molecule has 5 nitrogen and oxygen atoms in total. The molecule has 94 valence electrons. The van der Waals surface area contributed by atoms with Gasteiger partial charge in [0, 0.05) is 31.7 Å². The summed E-state index contributed by atoms with van der Waals surface area (Å²) in [6, 6.07) is 7.46. The summed E-state index contributed by atoms with van der Waals surface area (Å²) in [7, 11) is 3.95. The predicted octanol–water partition coefficient (Wildman–Crippen LogP) is 2.04. The highest BCUT2D eigenvalue weighted by Gasteiger charge is 2.10. The van der Waals surface area contributed by atoms with Crippen molar-refractivity contribution < 1.29 is 4.79 Å². The zero-order valence-electron chi connectivity index (χ0n) is 10.7. The molecule has 0 aliphatic carbocycles. The Morgan fingerprint density at radius 3 is 2.72 bits per heavy atom. The Hall–Kier alpha value is -2.30. The standard InChI is InChI=1S/C13H16N4O/c1-9-10(5-4-6-12(9)17(2)3)15-13(18)11-7-8-14-16-11/h4-8H,1-3H3,(H,14,16)(H,15,18). The molecule has 0 saturated carbocycles. The topological polar surface area (TPSA) is 61.0 Å². The van der Waals surface area contributed by atoms with Crippen molar-refractivity contribution in [3.8, 4) is 0 Å². The summed E-state index contributed by atoms with van der Waals surface area (Å²) in [6.45, 7) is 1.98. The molecule has 2 aromatic rings. The molecular weight excluding hydrogens is 228 g/mol. The number of hydrogen-bond acceptors (Lipinski definition) is 3. The number of amides is 1. The first-order valence-corrected chi connectivity index (χ1v) is 5.67. The Kier molecular flexibility index (Phi) is 3.32. The van der Waals surface area contributed by atoms with Crippen LogP contribution in [0.2, 0.25) is 0 Å². The van der Waals surface area contributed by atoms with Crippen molar-refractivity contribution in [3.05, 3.63) is 41.7 Å². The lowest BCUT2D eigenvalue weighted by Crippen LogP contribution is -2.15. The second-order valence-corrected chi connectivity index (χ2v) is 4.27. The molecule has 0 aliphatic rings. The van der Waals surface area contributed by atoms with E-state index in [1.54, 1.807) is 12.3 Å². The second-order valence-electron chi connectivity index (χ2n) is 4.27. The molecule has 0 saturated heterocycles. The third-order valence-corrected chi connectivity index (χ3v) is 2.78. The number of benzene rings is 1. The van der Waals surface area contributed by atoms with Gasteiger partial charge in [-0.3, -0.25) is 9.89 Å². The van der Waals surface area contributed by atoms with Gasteiger partial charge in [0.05, 0.1) is 0 Å². The van der Waals surface area contributed by atoms with Crippen molar-refractivity contribution in [1.29, 1.82) is 0 Å². The van der Waals surface area contributed by atoms with Crippen LogP contribution in [0.4, 0.5) is 11.4 Å². The average molecular weight is 244 g/mol. The van der Waals surface area contributed by atoms with E-state index < -0.39 is 0 Å². The molecule has 0 spiro atoms. The molecule has 0 fully saturated rings. The molecule has 1 amide bonds. The van der Waals surface area contributed by atoms with E-state index in [9.17, 15) is 4.79 Å². The number of rotatable bonds is 3. The Morgan fingerprint density at radius 1 is 1.33 bits per heavy atom. The summed E-state index contributed by atoms with van der Waals surface area (Å²) in [4.78, 5) is 13.9. The SMILES string of the molecule is Cc1c(NC(=O)c2ccn[nH]2)cccc1N(C)C. The van der Waals surface area contributed by atoms with Crippen molar-refractivity contribution in [2.24, 2.45) is 0 Å². The highest BCUT2D eigenvalue weighted by atomic mass is 16.1. The van der Waals surface area contributed by atoms with Crippen molar-refractivity contribution in [2.45, 2.75) is 6.92 Å². The Bertz CT molecular complexity index is 546. The number of aromatic nitrogens is 2. The van der Waals surface area contributed by atoms with Crippen LogP contribution in [-0.4, -0.2) is 30.2 Å². The van der Waals surface area contributed by atoms with E-state index in [1.165, 1.54) is 0 Å². The molecule has 5 heteroatoms. The number of aromatic amines is 1. The van der Waals surface area contributed by atoms with Crippen LogP contribution in [0.25, 0.3) is 0 Å².